The van der Waals surface area contributed by atoms with Gasteiger partial charge in [-0.3, -0.25) is 0 Å². The Balaban J connectivity index is 1.09. The summed E-state index contributed by atoms with van der Waals surface area (Å²) in [6.45, 7) is 0. The number of fused-ring (bicyclic) bond motifs is 16. The fraction of sp³-hybridized carbons (Fsp3) is 0.0204. The summed E-state index contributed by atoms with van der Waals surface area (Å²) in [7, 11) is 0. The van der Waals surface area contributed by atoms with E-state index in [4.69, 9.17) is 13.6 Å². The Bertz CT molecular complexity index is 3070. The van der Waals surface area contributed by atoms with Crippen LogP contribution in [0.4, 0.5) is 17.1 Å². The predicted molar refractivity (Wildman–Crippen MR) is 213 cm³/mol. The standard InChI is InChI=1S/C49H29NO3/c1-2-12-30(13-3-1)50(31-22-24-34-33-14-5-9-19-41(33)51-45(34)28-31)32-23-25-36-46(29-32)53-44-27-26-40-47(48(36)44)35-15-4-6-16-37(35)49(40)38-17-7-10-20-42(38)52-43-21-11-8-18-39(43)49/h1-29H. The van der Waals surface area contributed by atoms with E-state index in [0.717, 1.165) is 83.6 Å². The maximum Gasteiger partial charge on any atom is 0.137 e. The van der Waals surface area contributed by atoms with Crippen molar-refractivity contribution in [2.24, 2.45) is 0 Å². The Morgan fingerprint density at radius 3 is 1.74 bits per heavy atom. The smallest absolute Gasteiger partial charge is 0.137 e. The minimum Gasteiger partial charge on any atom is -0.457 e. The molecule has 0 amide bonds. The molecule has 0 radical (unpaired) electrons. The second-order valence-corrected chi connectivity index (χ2v) is 14.0. The number of hydrogen-bond donors (Lipinski definition) is 0. The third kappa shape index (κ3) is 3.79. The highest BCUT2D eigenvalue weighted by Gasteiger charge is 2.51. The van der Waals surface area contributed by atoms with Crippen molar-refractivity contribution >= 4 is 60.9 Å². The second-order valence-electron chi connectivity index (χ2n) is 14.0. The monoisotopic (exact) mass is 679 g/mol. The second kappa shape index (κ2) is 10.5. The van der Waals surface area contributed by atoms with E-state index < -0.39 is 5.41 Å². The fourth-order valence-corrected chi connectivity index (χ4v) is 9.21. The quantitative estimate of drug-likeness (QED) is 0.186. The van der Waals surface area contributed by atoms with Crippen molar-refractivity contribution < 1.29 is 13.6 Å². The Kier molecular flexibility index (Phi) is 5.67. The molecule has 0 saturated carbocycles. The van der Waals surface area contributed by atoms with E-state index in [1.165, 1.54) is 22.3 Å². The molecular weight excluding hydrogens is 651 g/mol. The van der Waals surface area contributed by atoms with Crippen LogP contribution in [-0.2, 0) is 5.41 Å². The van der Waals surface area contributed by atoms with Gasteiger partial charge in [0.1, 0.15) is 33.8 Å². The van der Waals surface area contributed by atoms with Crippen LogP contribution in [0, 0.1) is 0 Å². The molecule has 0 N–H and O–H groups in total. The fourth-order valence-electron chi connectivity index (χ4n) is 9.21. The van der Waals surface area contributed by atoms with Gasteiger partial charge < -0.3 is 18.5 Å². The zero-order chi connectivity index (χ0) is 34.7. The molecule has 1 spiro atoms. The zero-order valence-electron chi connectivity index (χ0n) is 28.4. The molecule has 8 aromatic carbocycles. The van der Waals surface area contributed by atoms with Crippen molar-refractivity contribution in [1.29, 1.82) is 0 Å². The SMILES string of the molecule is c1ccc(N(c2ccc3c(c2)oc2ccccc23)c2ccc3c(c2)oc2ccc4c(c23)-c2ccccc2C42c3ccccc3Oc3ccccc32)cc1. The average Bonchev–Trinajstić information content (AvgIpc) is 3.86. The topological polar surface area (TPSA) is 38.8 Å². The van der Waals surface area contributed by atoms with Crippen molar-refractivity contribution in [3.8, 4) is 22.6 Å². The zero-order valence-corrected chi connectivity index (χ0v) is 28.4. The van der Waals surface area contributed by atoms with Gasteiger partial charge in [0.05, 0.1) is 5.41 Å². The van der Waals surface area contributed by atoms with Crippen LogP contribution in [0.3, 0.4) is 0 Å². The molecule has 1 aliphatic carbocycles. The summed E-state index contributed by atoms with van der Waals surface area (Å²) in [5.74, 6) is 1.77. The molecule has 0 saturated heterocycles. The number of benzene rings is 8. The lowest BCUT2D eigenvalue weighted by molar-refractivity contribution is 0.436. The normalized spacial score (nSPS) is 13.6. The van der Waals surface area contributed by atoms with Gasteiger partial charge in [-0.2, -0.15) is 0 Å². The number of hydrogen-bond acceptors (Lipinski definition) is 4. The lowest BCUT2D eigenvalue weighted by Crippen LogP contribution is -2.32. The molecule has 0 unspecified atom stereocenters. The summed E-state index contributed by atoms with van der Waals surface area (Å²) in [6.07, 6.45) is 0. The van der Waals surface area contributed by atoms with Crippen LogP contribution in [0.2, 0.25) is 0 Å². The minimum atomic E-state index is -0.533. The third-order valence-electron chi connectivity index (χ3n) is 11.3. The van der Waals surface area contributed by atoms with Crippen LogP contribution in [0.25, 0.3) is 55.0 Å². The van der Waals surface area contributed by atoms with Crippen molar-refractivity contribution in [2.75, 3.05) is 4.90 Å². The first kappa shape index (κ1) is 28.6. The van der Waals surface area contributed by atoms with Gasteiger partial charge in [-0.05, 0) is 82.9 Å². The van der Waals surface area contributed by atoms with Crippen molar-refractivity contribution in [2.45, 2.75) is 5.41 Å². The van der Waals surface area contributed by atoms with Gasteiger partial charge in [-0.1, -0.05) is 103 Å². The molecule has 3 heterocycles. The maximum atomic E-state index is 6.81. The van der Waals surface area contributed by atoms with Crippen LogP contribution in [0.1, 0.15) is 22.3 Å². The van der Waals surface area contributed by atoms with Crippen molar-refractivity contribution in [3.05, 3.63) is 198 Å². The lowest BCUT2D eigenvalue weighted by atomic mass is 9.66. The molecule has 0 fully saturated rings. The van der Waals surface area contributed by atoms with Gasteiger partial charge in [-0.15, -0.1) is 0 Å². The molecule has 0 bridgehead atoms. The number of para-hydroxylation sites is 4. The Morgan fingerprint density at radius 1 is 0.377 bits per heavy atom. The summed E-state index contributed by atoms with van der Waals surface area (Å²) >= 11 is 0. The third-order valence-corrected chi connectivity index (χ3v) is 11.3. The predicted octanol–water partition coefficient (Wildman–Crippen LogP) is 13.4. The van der Waals surface area contributed by atoms with E-state index in [1.54, 1.807) is 0 Å². The van der Waals surface area contributed by atoms with Gasteiger partial charge in [0.2, 0.25) is 0 Å². The number of anilines is 3. The van der Waals surface area contributed by atoms with E-state index in [9.17, 15) is 0 Å². The van der Waals surface area contributed by atoms with Crippen LogP contribution in [0.15, 0.2) is 185 Å². The summed E-state index contributed by atoms with van der Waals surface area (Å²) in [4.78, 5) is 2.27. The summed E-state index contributed by atoms with van der Waals surface area (Å²) in [5, 5.41) is 4.44. The molecule has 2 aliphatic rings. The average molecular weight is 680 g/mol. The molecule has 248 valence electrons. The first-order chi connectivity index (χ1) is 26.3. The van der Waals surface area contributed by atoms with Gasteiger partial charge in [0.15, 0.2) is 0 Å². The summed E-state index contributed by atoms with van der Waals surface area (Å²) in [6, 6.07) is 62.0. The molecule has 4 nitrogen and oxygen atoms in total. The van der Waals surface area contributed by atoms with E-state index in [2.05, 4.69) is 163 Å². The first-order valence-electron chi connectivity index (χ1n) is 18.0. The molecule has 1 aliphatic heterocycles. The molecule has 10 aromatic rings. The molecular formula is C49H29NO3. The highest BCUT2D eigenvalue weighted by molar-refractivity contribution is 6.16. The molecule has 4 heteroatoms. The highest BCUT2D eigenvalue weighted by atomic mass is 16.5. The first-order valence-corrected chi connectivity index (χ1v) is 18.0. The number of nitrogens with zero attached hydrogens (tertiary/aromatic N) is 1. The van der Waals surface area contributed by atoms with E-state index in [-0.39, 0.29) is 0 Å². The minimum absolute atomic E-state index is 0.533. The van der Waals surface area contributed by atoms with E-state index in [0.29, 0.717) is 0 Å². The van der Waals surface area contributed by atoms with Gasteiger partial charge in [0.25, 0.3) is 0 Å². The van der Waals surface area contributed by atoms with Crippen LogP contribution >= 0.6 is 0 Å². The van der Waals surface area contributed by atoms with Crippen molar-refractivity contribution in [3.63, 3.8) is 0 Å². The number of ether oxygens (including phenoxy) is 1. The largest absolute Gasteiger partial charge is 0.457 e. The maximum absolute atomic E-state index is 6.81. The Labute approximate surface area is 304 Å². The Morgan fingerprint density at radius 2 is 0.962 bits per heavy atom. The van der Waals surface area contributed by atoms with E-state index in [1.807, 2.05) is 18.2 Å². The Hall–Kier alpha value is -7.04. The van der Waals surface area contributed by atoms with E-state index >= 15 is 0 Å². The molecule has 12 rings (SSSR count). The van der Waals surface area contributed by atoms with Gasteiger partial charge in [-0.25, -0.2) is 0 Å². The molecule has 53 heavy (non-hydrogen) atoms. The van der Waals surface area contributed by atoms with Crippen molar-refractivity contribution in [1.82, 2.24) is 0 Å². The summed E-state index contributed by atoms with van der Waals surface area (Å²) < 4.78 is 19.7. The molecule has 0 atom stereocenters. The van der Waals surface area contributed by atoms with Crippen LogP contribution in [0.5, 0.6) is 11.5 Å². The van der Waals surface area contributed by atoms with Crippen LogP contribution in [-0.4, -0.2) is 0 Å². The summed E-state index contributed by atoms with van der Waals surface area (Å²) in [5.41, 5.74) is 13.2. The van der Waals surface area contributed by atoms with Crippen LogP contribution < -0.4 is 9.64 Å². The van der Waals surface area contributed by atoms with Gasteiger partial charge >= 0.3 is 0 Å². The number of rotatable bonds is 3. The highest BCUT2D eigenvalue weighted by Crippen LogP contribution is 2.63. The van der Waals surface area contributed by atoms with Gasteiger partial charge in [0, 0.05) is 61.9 Å². The lowest BCUT2D eigenvalue weighted by Gasteiger charge is -2.39. The molecule has 2 aromatic heterocycles. The number of furan rings is 2.